The first-order valence-electron chi connectivity index (χ1n) is 6.11. The summed E-state index contributed by atoms with van der Waals surface area (Å²) < 4.78 is 26.5. The number of hydrogen-bond donors (Lipinski definition) is 1. The van der Waals surface area contributed by atoms with Gasteiger partial charge in [0.15, 0.2) is 0 Å². The summed E-state index contributed by atoms with van der Waals surface area (Å²) in [5.74, 6) is 0. The minimum atomic E-state index is -3.58. The van der Waals surface area contributed by atoms with Crippen LogP contribution in [0.1, 0.15) is 6.42 Å². The zero-order valence-corrected chi connectivity index (χ0v) is 12.1. The molecule has 1 amide bonds. The number of nitrogens with zero attached hydrogens (tertiary/aromatic N) is 2. The van der Waals surface area contributed by atoms with Gasteiger partial charge < -0.3 is 10.0 Å². The molecule has 0 atom stereocenters. The maximum absolute atomic E-state index is 12.5. The van der Waals surface area contributed by atoms with E-state index in [2.05, 4.69) is 0 Å². The van der Waals surface area contributed by atoms with Gasteiger partial charge in [-0.15, -0.1) is 0 Å². The monoisotopic (exact) mass is 316 g/mol. The normalized spacial score (nSPS) is 21.4. The molecule has 3 rings (SSSR count). The molecule has 0 unspecified atom stereocenters. The van der Waals surface area contributed by atoms with E-state index in [-0.39, 0.29) is 18.0 Å². The van der Waals surface area contributed by atoms with E-state index in [1.54, 1.807) is 0 Å². The maximum atomic E-state index is 12.5. The van der Waals surface area contributed by atoms with Gasteiger partial charge in [-0.25, -0.2) is 13.2 Å². The lowest BCUT2D eigenvalue weighted by molar-refractivity contribution is -0.0598. The largest absolute Gasteiger partial charge is 0.465 e. The molecule has 2 heterocycles. The van der Waals surface area contributed by atoms with Gasteiger partial charge in [-0.05, 0) is 30.7 Å². The Bertz CT molecular complexity index is 653. The van der Waals surface area contributed by atoms with E-state index < -0.39 is 21.7 Å². The lowest BCUT2D eigenvalue weighted by Crippen LogP contribution is -2.78. The first-order valence-corrected chi connectivity index (χ1v) is 7.93. The molecule has 1 N–H and O–H groups in total. The minimum absolute atomic E-state index is 0.190. The summed E-state index contributed by atoms with van der Waals surface area (Å²) in [6.45, 7) is 0.919. The van der Waals surface area contributed by atoms with Crippen LogP contribution in [0.2, 0.25) is 5.02 Å². The van der Waals surface area contributed by atoms with Crippen molar-refractivity contribution in [2.45, 2.75) is 16.9 Å². The number of likely N-dealkylation sites (tertiary alicyclic amines) is 1. The molecule has 1 aromatic carbocycles. The van der Waals surface area contributed by atoms with Crippen LogP contribution in [0.25, 0.3) is 0 Å². The molecule has 0 radical (unpaired) electrons. The lowest BCUT2D eigenvalue weighted by Gasteiger charge is -2.60. The van der Waals surface area contributed by atoms with E-state index in [0.717, 1.165) is 0 Å². The maximum Gasteiger partial charge on any atom is 0.407 e. The molecular weight excluding hydrogens is 304 g/mol. The third-order valence-corrected chi connectivity index (χ3v) is 6.22. The van der Waals surface area contributed by atoms with Crippen LogP contribution in [0, 0.1) is 0 Å². The third-order valence-electron chi connectivity index (χ3n) is 3.95. The number of carboxylic acid groups (broad SMARTS) is 1. The average molecular weight is 317 g/mol. The summed E-state index contributed by atoms with van der Waals surface area (Å²) in [5.41, 5.74) is -0.545. The summed E-state index contributed by atoms with van der Waals surface area (Å²) in [6.07, 6.45) is -0.310. The second kappa shape index (κ2) is 4.34. The minimum Gasteiger partial charge on any atom is -0.465 e. The van der Waals surface area contributed by atoms with Crippen molar-refractivity contribution >= 4 is 27.7 Å². The molecule has 2 fully saturated rings. The van der Waals surface area contributed by atoms with Crippen molar-refractivity contribution in [3.05, 3.63) is 29.3 Å². The Hall–Kier alpha value is -1.31. The smallest absolute Gasteiger partial charge is 0.407 e. The Morgan fingerprint density at radius 2 is 1.85 bits per heavy atom. The number of amides is 1. The van der Waals surface area contributed by atoms with Crippen LogP contribution in [0.3, 0.4) is 0 Å². The summed E-state index contributed by atoms with van der Waals surface area (Å²) in [4.78, 5) is 12.2. The van der Waals surface area contributed by atoms with Crippen LogP contribution in [-0.2, 0) is 10.0 Å². The number of rotatable bonds is 2. The molecule has 8 heteroatoms. The van der Waals surface area contributed by atoms with E-state index in [1.165, 1.54) is 33.5 Å². The van der Waals surface area contributed by atoms with Crippen molar-refractivity contribution in [3.63, 3.8) is 0 Å². The molecule has 108 valence electrons. The van der Waals surface area contributed by atoms with Crippen LogP contribution in [-0.4, -0.2) is 54.0 Å². The highest BCUT2D eigenvalue weighted by Crippen LogP contribution is 2.42. The Morgan fingerprint density at radius 1 is 1.25 bits per heavy atom. The Balaban J connectivity index is 1.83. The van der Waals surface area contributed by atoms with Crippen LogP contribution in [0.5, 0.6) is 0 Å². The quantitative estimate of drug-likeness (QED) is 0.896. The van der Waals surface area contributed by atoms with Crippen molar-refractivity contribution < 1.29 is 18.3 Å². The number of halogens is 1. The van der Waals surface area contributed by atoms with E-state index in [0.29, 0.717) is 18.0 Å². The highest BCUT2D eigenvalue weighted by atomic mass is 35.5. The van der Waals surface area contributed by atoms with Crippen LogP contribution in [0.4, 0.5) is 4.79 Å². The summed E-state index contributed by atoms with van der Waals surface area (Å²) >= 11 is 5.76. The van der Waals surface area contributed by atoms with Crippen molar-refractivity contribution in [1.29, 1.82) is 0 Å². The van der Waals surface area contributed by atoms with Crippen LogP contribution in [0.15, 0.2) is 29.2 Å². The highest BCUT2D eigenvalue weighted by Gasteiger charge is 2.59. The van der Waals surface area contributed by atoms with Crippen molar-refractivity contribution in [1.82, 2.24) is 9.21 Å². The van der Waals surface area contributed by atoms with E-state index in [4.69, 9.17) is 16.7 Å². The van der Waals surface area contributed by atoms with E-state index >= 15 is 0 Å². The molecule has 6 nitrogen and oxygen atoms in total. The molecule has 2 saturated heterocycles. The van der Waals surface area contributed by atoms with Crippen LogP contribution >= 0.6 is 11.6 Å². The van der Waals surface area contributed by atoms with Gasteiger partial charge in [0.1, 0.15) is 0 Å². The first kappa shape index (κ1) is 13.7. The number of benzene rings is 1. The topological polar surface area (TPSA) is 77.9 Å². The second-order valence-corrected chi connectivity index (χ2v) is 7.44. The predicted molar refractivity (Wildman–Crippen MR) is 72.3 cm³/mol. The number of sulfonamides is 1. The molecule has 0 aromatic heterocycles. The summed E-state index contributed by atoms with van der Waals surface area (Å²) in [6, 6.07) is 6.01. The van der Waals surface area contributed by atoms with Crippen LogP contribution < -0.4 is 0 Å². The van der Waals surface area contributed by atoms with E-state index in [1.807, 2.05) is 0 Å². The number of hydrogen-bond acceptors (Lipinski definition) is 3. The van der Waals surface area contributed by atoms with Crippen molar-refractivity contribution in [2.24, 2.45) is 0 Å². The molecule has 1 aromatic rings. The fourth-order valence-corrected chi connectivity index (χ4v) is 4.65. The van der Waals surface area contributed by atoms with Gasteiger partial charge in [-0.2, -0.15) is 4.31 Å². The Morgan fingerprint density at radius 3 is 2.30 bits per heavy atom. The van der Waals surface area contributed by atoms with Crippen molar-refractivity contribution in [2.75, 3.05) is 19.6 Å². The van der Waals surface area contributed by atoms with Gasteiger partial charge >= 0.3 is 6.09 Å². The van der Waals surface area contributed by atoms with Gasteiger partial charge in [-0.1, -0.05) is 11.6 Å². The average Bonchev–Trinajstić information content (AvgIpc) is 2.25. The van der Waals surface area contributed by atoms with Gasteiger partial charge in [0, 0.05) is 24.7 Å². The van der Waals surface area contributed by atoms with Gasteiger partial charge in [0.25, 0.3) is 0 Å². The zero-order chi connectivity index (χ0) is 14.5. The summed E-state index contributed by atoms with van der Waals surface area (Å²) in [7, 11) is -3.58. The fourth-order valence-electron chi connectivity index (χ4n) is 2.74. The standard InChI is InChI=1S/C12H13ClN2O4S/c13-9-1-3-10(4-2-9)20(18,19)15-6-5-12(15)7-14(8-12)11(16)17/h1-4H,5-8H2,(H,16,17). The number of carbonyl (C=O) groups is 1. The second-order valence-electron chi connectivity index (χ2n) is 5.14. The lowest BCUT2D eigenvalue weighted by atomic mass is 9.80. The summed E-state index contributed by atoms with van der Waals surface area (Å²) in [5, 5.41) is 9.34. The predicted octanol–water partition coefficient (Wildman–Crippen LogP) is 1.47. The van der Waals surface area contributed by atoms with E-state index in [9.17, 15) is 13.2 Å². The van der Waals surface area contributed by atoms with Gasteiger partial charge in [0.05, 0.1) is 10.4 Å². The zero-order valence-electron chi connectivity index (χ0n) is 10.5. The first-order chi connectivity index (χ1) is 9.35. The molecule has 0 bridgehead atoms. The Labute approximate surface area is 121 Å². The third kappa shape index (κ3) is 1.88. The van der Waals surface area contributed by atoms with Gasteiger partial charge in [0.2, 0.25) is 10.0 Å². The van der Waals surface area contributed by atoms with Gasteiger partial charge in [-0.3, -0.25) is 0 Å². The van der Waals surface area contributed by atoms with Crippen molar-refractivity contribution in [3.8, 4) is 0 Å². The molecule has 2 aliphatic rings. The molecular formula is C12H13ClN2O4S. The highest BCUT2D eigenvalue weighted by molar-refractivity contribution is 7.89. The Kier molecular flexibility index (Phi) is 2.97. The molecule has 0 saturated carbocycles. The molecule has 0 aliphatic carbocycles. The molecule has 20 heavy (non-hydrogen) atoms. The SMILES string of the molecule is O=C(O)N1CC2(CCN2S(=O)(=O)c2ccc(Cl)cc2)C1. The fraction of sp³-hybridized carbons (Fsp3) is 0.417. The molecule has 2 aliphatic heterocycles. The molecule has 1 spiro atoms.